The molecule has 1 atom stereocenters. The number of hydrogen-bond acceptors (Lipinski definition) is 4. The maximum atomic E-state index is 13.7. The van der Waals surface area contributed by atoms with E-state index in [1.165, 1.54) is 12.3 Å². The predicted octanol–water partition coefficient (Wildman–Crippen LogP) is 1.72. The molecule has 0 aliphatic carbocycles. The van der Waals surface area contributed by atoms with E-state index in [0.717, 1.165) is 25.9 Å². The molecular weight excluding hydrogens is 309 g/mol. The quantitative estimate of drug-likeness (QED) is 0.875. The van der Waals surface area contributed by atoms with Gasteiger partial charge >= 0.3 is 0 Å². The summed E-state index contributed by atoms with van der Waals surface area (Å²) in [5, 5.41) is 10.4. The number of hydrogen-bond donors (Lipinski definition) is 2. The molecule has 0 bridgehead atoms. The Morgan fingerprint density at radius 1 is 1.33 bits per heavy atom. The van der Waals surface area contributed by atoms with Crippen LogP contribution in [0.4, 0.5) is 4.39 Å². The van der Waals surface area contributed by atoms with E-state index in [1.807, 2.05) is 0 Å². The summed E-state index contributed by atoms with van der Waals surface area (Å²) in [6.45, 7) is 2.12. The van der Waals surface area contributed by atoms with Gasteiger partial charge < -0.3 is 10.1 Å². The molecular formula is C18H22FN3O2. The van der Waals surface area contributed by atoms with E-state index in [4.69, 9.17) is 0 Å². The number of nitrogens with zero attached hydrogens (tertiary/aromatic N) is 2. The van der Waals surface area contributed by atoms with Gasteiger partial charge in [-0.05, 0) is 43.5 Å². The molecule has 2 heterocycles. The number of likely N-dealkylation sites (tertiary alicyclic amines) is 1. The average molecular weight is 331 g/mol. The number of benzene rings is 1. The Morgan fingerprint density at radius 3 is 2.79 bits per heavy atom. The van der Waals surface area contributed by atoms with Crippen molar-refractivity contribution in [2.45, 2.75) is 31.9 Å². The van der Waals surface area contributed by atoms with E-state index >= 15 is 0 Å². The third-order valence-electron chi connectivity index (χ3n) is 4.72. The third-order valence-corrected chi connectivity index (χ3v) is 4.72. The number of rotatable bonds is 5. The van der Waals surface area contributed by atoms with Crippen molar-refractivity contribution in [3.8, 4) is 0 Å². The summed E-state index contributed by atoms with van der Waals surface area (Å²) in [7, 11) is 0. The van der Waals surface area contributed by atoms with Gasteiger partial charge in [0.25, 0.3) is 5.56 Å². The number of aromatic amines is 1. The van der Waals surface area contributed by atoms with Gasteiger partial charge in [0.15, 0.2) is 0 Å². The molecule has 0 saturated carbocycles. The van der Waals surface area contributed by atoms with Crippen molar-refractivity contribution >= 4 is 0 Å². The van der Waals surface area contributed by atoms with Gasteiger partial charge in [-0.25, -0.2) is 4.39 Å². The summed E-state index contributed by atoms with van der Waals surface area (Å²) >= 11 is 0. The fourth-order valence-electron chi connectivity index (χ4n) is 3.26. The first kappa shape index (κ1) is 16.8. The molecule has 1 aromatic heterocycles. The van der Waals surface area contributed by atoms with E-state index in [-0.39, 0.29) is 17.3 Å². The minimum Gasteiger partial charge on any atom is -0.392 e. The molecule has 1 aromatic carbocycles. The Kier molecular flexibility index (Phi) is 5.37. The van der Waals surface area contributed by atoms with Crippen LogP contribution in [0.1, 0.15) is 24.1 Å². The van der Waals surface area contributed by atoms with Gasteiger partial charge in [-0.3, -0.25) is 14.7 Å². The zero-order valence-corrected chi connectivity index (χ0v) is 13.5. The predicted molar refractivity (Wildman–Crippen MR) is 89.0 cm³/mol. The minimum absolute atomic E-state index is 0.154. The SMILES string of the molecule is O=c1[nH]ccnc1CN1CCC(C(O)Cc2ccccc2F)CC1. The molecule has 3 rings (SSSR count). The van der Waals surface area contributed by atoms with Gasteiger partial charge in [0.1, 0.15) is 11.5 Å². The molecule has 0 radical (unpaired) electrons. The Bertz CT molecular complexity index is 726. The highest BCUT2D eigenvalue weighted by Gasteiger charge is 2.26. The van der Waals surface area contributed by atoms with E-state index in [2.05, 4.69) is 14.9 Å². The van der Waals surface area contributed by atoms with Gasteiger partial charge in [0.05, 0.1) is 6.10 Å². The number of aromatic nitrogens is 2. The lowest BCUT2D eigenvalue weighted by molar-refractivity contribution is 0.0566. The van der Waals surface area contributed by atoms with E-state index in [0.29, 0.717) is 24.2 Å². The molecule has 6 heteroatoms. The number of aliphatic hydroxyl groups excluding tert-OH is 1. The highest BCUT2D eigenvalue weighted by Crippen LogP contribution is 2.24. The molecule has 5 nitrogen and oxygen atoms in total. The standard InChI is InChI=1S/C18H22FN3O2/c19-15-4-2-1-3-14(15)11-17(23)13-5-9-22(10-6-13)12-16-18(24)21-8-7-20-16/h1-4,7-8,13,17,23H,5-6,9-12H2,(H,21,24). The first-order chi connectivity index (χ1) is 11.6. The Morgan fingerprint density at radius 2 is 2.08 bits per heavy atom. The van der Waals surface area contributed by atoms with Crippen LogP contribution in [-0.2, 0) is 13.0 Å². The van der Waals surface area contributed by atoms with Crippen molar-refractivity contribution in [2.75, 3.05) is 13.1 Å². The molecule has 128 valence electrons. The van der Waals surface area contributed by atoms with Crippen molar-refractivity contribution in [3.63, 3.8) is 0 Å². The second-order valence-corrected chi connectivity index (χ2v) is 6.34. The highest BCUT2D eigenvalue weighted by atomic mass is 19.1. The second-order valence-electron chi connectivity index (χ2n) is 6.34. The monoisotopic (exact) mass is 331 g/mol. The smallest absolute Gasteiger partial charge is 0.270 e. The molecule has 0 spiro atoms. The maximum Gasteiger partial charge on any atom is 0.270 e. The van der Waals surface area contributed by atoms with E-state index in [1.54, 1.807) is 24.4 Å². The van der Waals surface area contributed by atoms with Gasteiger partial charge in [-0.15, -0.1) is 0 Å². The summed E-state index contributed by atoms with van der Waals surface area (Å²) in [5.74, 6) is -0.105. The lowest BCUT2D eigenvalue weighted by atomic mass is 9.88. The van der Waals surface area contributed by atoms with Gasteiger partial charge in [0.2, 0.25) is 0 Å². The van der Waals surface area contributed by atoms with Crippen LogP contribution >= 0.6 is 0 Å². The summed E-state index contributed by atoms with van der Waals surface area (Å²) in [5.41, 5.74) is 0.925. The van der Waals surface area contributed by atoms with Crippen LogP contribution in [0.5, 0.6) is 0 Å². The molecule has 24 heavy (non-hydrogen) atoms. The molecule has 2 N–H and O–H groups in total. The summed E-state index contributed by atoms with van der Waals surface area (Å²) < 4.78 is 13.7. The van der Waals surface area contributed by atoms with Crippen molar-refractivity contribution < 1.29 is 9.50 Å². The molecule has 2 aromatic rings. The zero-order valence-electron chi connectivity index (χ0n) is 13.5. The molecule has 1 aliphatic rings. The van der Waals surface area contributed by atoms with Gasteiger partial charge in [0, 0.05) is 25.4 Å². The lowest BCUT2D eigenvalue weighted by Gasteiger charge is -2.34. The molecule has 1 unspecified atom stereocenters. The summed E-state index contributed by atoms with van der Waals surface area (Å²) in [6, 6.07) is 6.59. The van der Waals surface area contributed by atoms with Crippen LogP contribution in [0.2, 0.25) is 0 Å². The van der Waals surface area contributed by atoms with Crippen LogP contribution in [0.25, 0.3) is 0 Å². The van der Waals surface area contributed by atoms with Gasteiger partial charge in [-0.2, -0.15) is 0 Å². The second kappa shape index (κ2) is 7.68. The number of halogens is 1. The molecule has 1 aliphatic heterocycles. The Labute approximate surface area is 140 Å². The highest BCUT2D eigenvalue weighted by molar-refractivity contribution is 5.18. The van der Waals surface area contributed by atoms with Crippen LogP contribution < -0.4 is 5.56 Å². The maximum absolute atomic E-state index is 13.7. The summed E-state index contributed by atoms with van der Waals surface area (Å²) in [6.07, 6.45) is 4.58. The fourth-order valence-corrected chi connectivity index (χ4v) is 3.26. The molecule has 1 saturated heterocycles. The number of nitrogens with one attached hydrogen (secondary N) is 1. The van der Waals surface area contributed by atoms with Crippen LogP contribution in [0.3, 0.4) is 0 Å². The van der Waals surface area contributed by atoms with Crippen molar-refractivity contribution in [1.29, 1.82) is 0 Å². The number of aliphatic hydroxyl groups is 1. The average Bonchev–Trinajstić information content (AvgIpc) is 2.59. The van der Waals surface area contributed by atoms with Crippen LogP contribution in [0, 0.1) is 11.7 Å². The van der Waals surface area contributed by atoms with Crippen molar-refractivity contribution in [2.24, 2.45) is 5.92 Å². The van der Waals surface area contributed by atoms with Crippen molar-refractivity contribution in [3.05, 3.63) is 64.1 Å². The minimum atomic E-state index is -0.540. The van der Waals surface area contributed by atoms with Gasteiger partial charge in [-0.1, -0.05) is 18.2 Å². The van der Waals surface area contributed by atoms with Crippen molar-refractivity contribution in [1.82, 2.24) is 14.9 Å². The normalized spacial score (nSPS) is 17.8. The summed E-state index contributed by atoms with van der Waals surface area (Å²) in [4.78, 5) is 20.6. The zero-order chi connectivity index (χ0) is 16.9. The van der Waals surface area contributed by atoms with E-state index in [9.17, 15) is 14.3 Å². The lowest BCUT2D eigenvalue weighted by Crippen LogP contribution is -2.39. The largest absolute Gasteiger partial charge is 0.392 e. The topological polar surface area (TPSA) is 69.2 Å². The first-order valence-corrected chi connectivity index (χ1v) is 8.30. The Balaban J connectivity index is 1.52. The Hall–Kier alpha value is -2.05. The molecule has 0 amide bonds. The first-order valence-electron chi connectivity index (χ1n) is 8.30. The molecule has 1 fully saturated rings. The number of piperidine rings is 1. The third kappa shape index (κ3) is 4.07. The number of H-pyrrole nitrogens is 1. The fraction of sp³-hybridized carbons (Fsp3) is 0.444. The van der Waals surface area contributed by atoms with Crippen LogP contribution in [-0.4, -0.2) is 39.2 Å². The van der Waals surface area contributed by atoms with Crippen LogP contribution in [0.15, 0.2) is 41.5 Å². The van der Waals surface area contributed by atoms with E-state index < -0.39 is 6.10 Å².